The molecule has 1 heterocycles. The first-order chi connectivity index (χ1) is 7.65. The second kappa shape index (κ2) is 4.58. The monoisotopic (exact) mass is 239 g/mol. The Bertz CT molecular complexity index is 496. The number of halogens is 2. The lowest BCUT2D eigenvalue weighted by molar-refractivity contribution is 0.520. The molecular weight excluding hydrogens is 229 g/mol. The van der Waals surface area contributed by atoms with Gasteiger partial charge in [0.2, 0.25) is 0 Å². The zero-order valence-electron chi connectivity index (χ0n) is 8.76. The van der Waals surface area contributed by atoms with Crippen molar-refractivity contribution in [3.05, 3.63) is 52.7 Å². The Morgan fingerprint density at radius 2 is 2.12 bits per heavy atom. The summed E-state index contributed by atoms with van der Waals surface area (Å²) in [5.41, 5.74) is 1.47. The summed E-state index contributed by atoms with van der Waals surface area (Å²) >= 11 is 5.64. The predicted molar refractivity (Wildman–Crippen MR) is 62.2 cm³/mol. The molecule has 16 heavy (non-hydrogen) atoms. The lowest BCUT2D eigenvalue weighted by Crippen LogP contribution is -1.98. The van der Waals surface area contributed by atoms with Gasteiger partial charge in [-0.1, -0.05) is 0 Å². The van der Waals surface area contributed by atoms with Gasteiger partial charge in [-0.25, -0.2) is 4.39 Å². The Balaban J connectivity index is 2.02. The molecule has 0 spiro atoms. The molecule has 1 aromatic heterocycles. The molecular formula is C12H11ClFNO. The van der Waals surface area contributed by atoms with Crippen LogP contribution in [0.3, 0.4) is 0 Å². The van der Waals surface area contributed by atoms with Gasteiger partial charge in [-0.05, 0) is 54.4 Å². The third-order valence-electron chi connectivity index (χ3n) is 2.25. The highest BCUT2D eigenvalue weighted by Gasteiger charge is 2.01. The molecule has 4 heteroatoms. The summed E-state index contributed by atoms with van der Waals surface area (Å²) in [6, 6.07) is 8.36. The summed E-state index contributed by atoms with van der Waals surface area (Å²) in [6.45, 7) is 2.25. The van der Waals surface area contributed by atoms with E-state index in [0.29, 0.717) is 17.3 Å². The van der Waals surface area contributed by atoms with Crippen LogP contribution in [-0.4, -0.2) is 0 Å². The summed E-state index contributed by atoms with van der Waals surface area (Å²) < 4.78 is 18.2. The minimum Gasteiger partial charge on any atom is -0.448 e. The van der Waals surface area contributed by atoms with Crippen LogP contribution in [0.1, 0.15) is 11.3 Å². The molecule has 2 rings (SSSR count). The van der Waals surface area contributed by atoms with E-state index in [1.54, 1.807) is 31.2 Å². The fourth-order valence-electron chi connectivity index (χ4n) is 1.39. The van der Waals surface area contributed by atoms with Gasteiger partial charge in [0, 0.05) is 5.69 Å². The molecule has 0 aliphatic heterocycles. The second-order valence-electron chi connectivity index (χ2n) is 3.52. The minimum atomic E-state index is -0.202. The van der Waals surface area contributed by atoms with Gasteiger partial charge >= 0.3 is 0 Å². The van der Waals surface area contributed by atoms with Gasteiger partial charge in [0.25, 0.3) is 0 Å². The van der Waals surface area contributed by atoms with Gasteiger partial charge in [-0.2, -0.15) is 0 Å². The van der Waals surface area contributed by atoms with Crippen LogP contribution in [0.25, 0.3) is 0 Å². The first-order valence-corrected chi connectivity index (χ1v) is 5.27. The van der Waals surface area contributed by atoms with E-state index in [9.17, 15) is 4.39 Å². The molecule has 0 fully saturated rings. The van der Waals surface area contributed by atoms with E-state index in [4.69, 9.17) is 16.0 Å². The van der Waals surface area contributed by atoms with E-state index in [0.717, 1.165) is 11.4 Å². The van der Waals surface area contributed by atoms with E-state index < -0.39 is 0 Å². The maximum absolute atomic E-state index is 13.0. The third kappa shape index (κ3) is 2.55. The van der Waals surface area contributed by atoms with E-state index in [1.165, 1.54) is 6.07 Å². The Labute approximate surface area is 98.0 Å². The fraction of sp³-hybridized carbons (Fsp3) is 0.167. The molecule has 0 atom stereocenters. The molecule has 0 saturated heterocycles. The van der Waals surface area contributed by atoms with Crippen LogP contribution >= 0.6 is 11.6 Å². The van der Waals surface area contributed by atoms with Crippen LogP contribution < -0.4 is 5.32 Å². The Morgan fingerprint density at radius 3 is 2.75 bits per heavy atom. The third-order valence-corrected chi connectivity index (χ3v) is 2.46. The van der Waals surface area contributed by atoms with Crippen LogP contribution in [0, 0.1) is 12.7 Å². The minimum absolute atomic E-state index is 0.202. The van der Waals surface area contributed by atoms with Crippen molar-refractivity contribution in [3.8, 4) is 0 Å². The zero-order chi connectivity index (χ0) is 11.5. The van der Waals surface area contributed by atoms with Crippen molar-refractivity contribution in [2.24, 2.45) is 0 Å². The van der Waals surface area contributed by atoms with Crippen LogP contribution in [0.15, 0.2) is 34.7 Å². The standard InChI is InChI=1S/C12H11ClFNO/c1-8-6-9(2-4-11(8)14)15-7-10-3-5-12(13)16-10/h2-6,15H,7H2,1H3. The number of hydrogen-bond acceptors (Lipinski definition) is 2. The van der Waals surface area contributed by atoms with E-state index >= 15 is 0 Å². The van der Waals surface area contributed by atoms with Gasteiger partial charge in [0.1, 0.15) is 11.6 Å². The maximum atomic E-state index is 13.0. The quantitative estimate of drug-likeness (QED) is 0.876. The van der Waals surface area contributed by atoms with Crippen molar-refractivity contribution < 1.29 is 8.81 Å². The van der Waals surface area contributed by atoms with E-state index in [1.807, 2.05) is 0 Å². The lowest BCUT2D eigenvalue weighted by Gasteiger charge is -2.05. The summed E-state index contributed by atoms with van der Waals surface area (Å²) in [6.07, 6.45) is 0. The molecule has 1 N–H and O–H groups in total. The van der Waals surface area contributed by atoms with Gasteiger partial charge in [-0.15, -0.1) is 0 Å². The number of aryl methyl sites for hydroxylation is 1. The number of nitrogens with one attached hydrogen (secondary N) is 1. The topological polar surface area (TPSA) is 25.2 Å². The Kier molecular flexibility index (Phi) is 3.15. The normalized spacial score (nSPS) is 10.4. The van der Waals surface area contributed by atoms with Gasteiger partial charge < -0.3 is 9.73 Å². The van der Waals surface area contributed by atoms with Crippen LogP contribution in [0.2, 0.25) is 5.22 Å². The zero-order valence-corrected chi connectivity index (χ0v) is 9.51. The first-order valence-electron chi connectivity index (χ1n) is 4.89. The van der Waals surface area contributed by atoms with Gasteiger partial charge in [0.15, 0.2) is 5.22 Å². The smallest absolute Gasteiger partial charge is 0.193 e. The van der Waals surface area contributed by atoms with Crippen LogP contribution in [0.5, 0.6) is 0 Å². The van der Waals surface area contributed by atoms with Crippen LogP contribution in [-0.2, 0) is 6.54 Å². The summed E-state index contributed by atoms with van der Waals surface area (Å²) in [5.74, 6) is 0.540. The molecule has 2 nitrogen and oxygen atoms in total. The second-order valence-corrected chi connectivity index (χ2v) is 3.90. The van der Waals surface area contributed by atoms with Crippen LogP contribution in [0.4, 0.5) is 10.1 Å². The largest absolute Gasteiger partial charge is 0.448 e. The number of furan rings is 1. The molecule has 0 bridgehead atoms. The first kappa shape index (κ1) is 11.0. The predicted octanol–water partition coefficient (Wildman–Crippen LogP) is 3.99. The Hall–Kier alpha value is -1.48. The van der Waals surface area contributed by atoms with Gasteiger partial charge in [-0.3, -0.25) is 0 Å². The molecule has 0 amide bonds. The SMILES string of the molecule is Cc1cc(NCc2ccc(Cl)o2)ccc1F. The van der Waals surface area contributed by atoms with Crippen molar-refractivity contribution in [1.29, 1.82) is 0 Å². The highest BCUT2D eigenvalue weighted by Crippen LogP contribution is 2.17. The molecule has 1 aromatic carbocycles. The molecule has 84 valence electrons. The highest BCUT2D eigenvalue weighted by atomic mass is 35.5. The maximum Gasteiger partial charge on any atom is 0.193 e. The van der Waals surface area contributed by atoms with Crippen molar-refractivity contribution >= 4 is 17.3 Å². The van der Waals surface area contributed by atoms with Gasteiger partial charge in [0.05, 0.1) is 6.54 Å². The van der Waals surface area contributed by atoms with E-state index in [2.05, 4.69) is 5.32 Å². The van der Waals surface area contributed by atoms with E-state index in [-0.39, 0.29) is 5.82 Å². The van der Waals surface area contributed by atoms with Crippen molar-refractivity contribution in [1.82, 2.24) is 0 Å². The Morgan fingerprint density at radius 1 is 1.31 bits per heavy atom. The number of benzene rings is 1. The lowest BCUT2D eigenvalue weighted by atomic mass is 10.2. The fourth-order valence-corrected chi connectivity index (χ4v) is 1.55. The molecule has 0 aliphatic rings. The van der Waals surface area contributed by atoms with Crippen molar-refractivity contribution in [2.45, 2.75) is 13.5 Å². The summed E-state index contributed by atoms with van der Waals surface area (Å²) in [5, 5.41) is 3.49. The average Bonchev–Trinajstić information content (AvgIpc) is 2.66. The molecule has 0 aliphatic carbocycles. The molecule has 0 radical (unpaired) electrons. The summed E-state index contributed by atoms with van der Waals surface area (Å²) in [7, 11) is 0. The molecule has 0 unspecified atom stereocenters. The number of hydrogen-bond donors (Lipinski definition) is 1. The number of anilines is 1. The van der Waals surface area contributed by atoms with Crippen molar-refractivity contribution in [2.75, 3.05) is 5.32 Å². The van der Waals surface area contributed by atoms with Crippen molar-refractivity contribution in [3.63, 3.8) is 0 Å². The number of rotatable bonds is 3. The molecule has 2 aromatic rings. The highest BCUT2D eigenvalue weighted by molar-refractivity contribution is 6.28. The average molecular weight is 240 g/mol. The summed E-state index contributed by atoms with van der Waals surface area (Å²) in [4.78, 5) is 0. The molecule has 0 saturated carbocycles.